The van der Waals surface area contributed by atoms with Crippen molar-refractivity contribution >= 4 is 5.69 Å². The molecule has 1 aromatic carbocycles. The monoisotopic (exact) mass is 250 g/mol. The Morgan fingerprint density at radius 1 is 1.56 bits per heavy atom. The summed E-state index contributed by atoms with van der Waals surface area (Å²) in [6.45, 7) is 5.29. The highest BCUT2D eigenvalue weighted by molar-refractivity contribution is 5.43. The van der Waals surface area contributed by atoms with Crippen LogP contribution in [0.1, 0.15) is 30.5 Å². The molecular weight excluding hydrogens is 232 g/mol. The zero-order chi connectivity index (χ0) is 13.1. The lowest BCUT2D eigenvalue weighted by molar-refractivity contribution is -0.385. The smallest absolute Gasteiger partial charge is 0.272 e. The first-order valence-corrected chi connectivity index (χ1v) is 6.16. The Morgan fingerprint density at radius 2 is 2.33 bits per heavy atom. The van der Waals surface area contributed by atoms with Gasteiger partial charge in [-0.15, -0.1) is 0 Å². The second kappa shape index (κ2) is 5.46. The first-order valence-electron chi connectivity index (χ1n) is 6.16. The van der Waals surface area contributed by atoms with Gasteiger partial charge in [0, 0.05) is 30.3 Å². The summed E-state index contributed by atoms with van der Waals surface area (Å²) in [7, 11) is 0. The van der Waals surface area contributed by atoms with Gasteiger partial charge in [-0.3, -0.25) is 10.1 Å². The fraction of sp³-hybridized carbons (Fsp3) is 0.538. The van der Waals surface area contributed by atoms with Crippen LogP contribution >= 0.6 is 0 Å². The molecule has 2 atom stereocenters. The number of nitro benzene ring substituents is 1. The molecule has 1 aromatic rings. The quantitative estimate of drug-likeness (QED) is 0.658. The second-order valence-corrected chi connectivity index (χ2v) is 4.75. The van der Waals surface area contributed by atoms with E-state index in [1.807, 2.05) is 13.0 Å². The van der Waals surface area contributed by atoms with Crippen molar-refractivity contribution in [3.8, 4) is 0 Å². The fourth-order valence-corrected chi connectivity index (χ4v) is 2.21. The maximum atomic E-state index is 10.9. The summed E-state index contributed by atoms with van der Waals surface area (Å²) in [5, 5.41) is 14.3. The molecule has 0 radical (unpaired) electrons. The van der Waals surface area contributed by atoms with E-state index in [0.717, 1.165) is 25.2 Å². The highest BCUT2D eigenvalue weighted by Crippen LogP contribution is 2.24. The molecule has 18 heavy (non-hydrogen) atoms. The number of hydrogen-bond donors (Lipinski definition) is 1. The molecule has 0 aromatic heterocycles. The summed E-state index contributed by atoms with van der Waals surface area (Å²) in [5.41, 5.74) is 1.82. The molecule has 1 fully saturated rings. The third-order valence-corrected chi connectivity index (χ3v) is 3.35. The van der Waals surface area contributed by atoms with Crippen molar-refractivity contribution in [1.29, 1.82) is 0 Å². The Morgan fingerprint density at radius 3 is 2.94 bits per heavy atom. The molecule has 1 saturated heterocycles. The Hall–Kier alpha value is -1.46. The minimum atomic E-state index is -0.329. The molecule has 5 heteroatoms. The number of ether oxygens (including phenoxy) is 1. The highest BCUT2D eigenvalue weighted by atomic mass is 16.6. The van der Waals surface area contributed by atoms with Gasteiger partial charge in [-0.1, -0.05) is 12.1 Å². The van der Waals surface area contributed by atoms with Crippen LogP contribution in [0.2, 0.25) is 0 Å². The molecular formula is C13H18N2O3. The maximum absolute atomic E-state index is 10.9. The molecule has 1 N–H and O–H groups in total. The Labute approximate surface area is 106 Å². The van der Waals surface area contributed by atoms with Gasteiger partial charge in [-0.25, -0.2) is 0 Å². The van der Waals surface area contributed by atoms with E-state index in [0.29, 0.717) is 11.6 Å². The van der Waals surface area contributed by atoms with Gasteiger partial charge in [0.2, 0.25) is 0 Å². The number of aryl methyl sites for hydroxylation is 1. The van der Waals surface area contributed by atoms with Crippen molar-refractivity contribution in [2.45, 2.75) is 32.4 Å². The second-order valence-electron chi connectivity index (χ2n) is 4.75. The zero-order valence-electron chi connectivity index (χ0n) is 10.7. The standard InChI is InChI=1S/C13H18N2O3/c1-9-3-4-11(7-13(9)15(16)17)10(2)14-12-5-6-18-8-12/h3-4,7,10,12,14H,5-6,8H2,1-2H3. The van der Waals surface area contributed by atoms with E-state index in [4.69, 9.17) is 4.74 Å². The van der Waals surface area contributed by atoms with Crippen LogP contribution in [0.15, 0.2) is 18.2 Å². The maximum Gasteiger partial charge on any atom is 0.272 e. The Kier molecular flexibility index (Phi) is 3.93. The number of benzene rings is 1. The summed E-state index contributed by atoms with van der Waals surface area (Å²) in [5.74, 6) is 0. The van der Waals surface area contributed by atoms with Crippen LogP contribution in [-0.4, -0.2) is 24.2 Å². The molecule has 1 aliphatic rings. The van der Waals surface area contributed by atoms with Crippen molar-refractivity contribution < 1.29 is 9.66 Å². The molecule has 0 saturated carbocycles. The summed E-state index contributed by atoms with van der Waals surface area (Å²) in [4.78, 5) is 10.6. The van der Waals surface area contributed by atoms with Crippen LogP contribution in [-0.2, 0) is 4.74 Å². The van der Waals surface area contributed by atoms with E-state index < -0.39 is 0 Å². The average molecular weight is 250 g/mol. The van der Waals surface area contributed by atoms with E-state index in [2.05, 4.69) is 5.32 Å². The minimum Gasteiger partial charge on any atom is -0.380 e. The highest BCUT2D eigenvalue weighted by Gasteiger charge is 2.20. The van der Waals surface area contributed by atoms with Crippen molar-refractivity contribution in [2.24, 2.45) is 0 Å². The Bertz CT molecular complexity index is 442. The van der Waals surface area contributed by atoms with Crippen LogP contribution in [0.5, 0.6) is 0 Å². The average Bonchev–Trinajstić information content (AvgIpc) is 2.81. The van der Waals surface area contributed by atoms with Gasteiger partial charge < -0.3 is 10.1 Å². The van der Waals surface area contributed by atoms with Crippen LogP contribution in [0.4, 0.5) is 5.69 Å². The normalized spacial score (nSPS) is 20.9. The summed E-state index contributed by atoms with van der Waals surface area (Å²) >= 11 is 0. The number of nitrogens with one attached hydrogen (secondary N) is 1. The van der Waals surface area contributed by atoms with Gasteiger partial charge in [0.15, 0.2) is 0 Å². The molecule has 5 nitrogen and oxygen atoms in total. The molecule has 98 valence electrons. The SMILES string of the molecule is Cc1ccc(C(C)NC2CCOC2)cc1[N+](=O)[O-]. The van der Waals surface area contributed by atoms with E-state index in [1.165, 1.54) is 0 Å². The molecule has 2 rings (SSSR count). The van der Waals surface area contributed by atoms with Crippen LogP contribution in [0, 0.1) is 17.0 Å². The van der Waals surface area contributed by atoms with Gasteiger partial charge in [0.1, 0.15) is 0 Å². The minimum absolute atomic E-state index is 0.0935. The summed E-state index contributed by atoms with van der Waals surface area (Å²) < 4.78 is 5.30. The largest absolute Gasteiger partial charge is 0.380 e. The van der Waals surface area contributed by atoms with Gasteiger partial charge in [-0.05, 0) is 25.8 Å². The number of rotatable bonds is 4. The lowest BCUT2D eigenvalue weighted by Crippen LogP contribution is -2.31. The lowest BCUT2D eigenvalue weighted by atomic mass is 10.0. The van der Waals surface area contributed by atoms with Crippen molar-refractivity contribution in [2.75, 3.05) is 13.2 Å². The van der Waals surface area contributed by atoms with Crippen LogP contribution in [0.3, 0.4) is 0 Å². The first kappa shape index (κ1) is 13.0. The van der Waals surface area contributed by atoms with E-state index in [-0.39, 0.29) is 16.7 Å². The molecule has 1 aliphatic heterocycles. The van der Waals surface area contributed by atoms with E-state index >= 15 is 0 Å². The predicted molar refractivity (Wildman–Crippen MR) is 68.6 cm³/mol. The van der Waals surface area contributed by atoms with Gasteiger partial charge in [-0.2, -0.15) is 0 Å². The molecule has 1 heterocycles. The molecule has 0 spiro atoms. The molecule has 0 aliphatic carbocycles. The summed E-state index contributed by atoms with van der Waals surface area (Å²) in [6, 6.07) is 5.84. The molecule has 2 unspecified atom stereocenters. The lowest BCUT2D eigenvalue weighted by Gasteiger charge is -2.18. The Balaban J connectivity index is 2.11. The third kappa shape index (κ3) is 2.86. The first-order chi connectivity index (χ1) is 8.58. The molecule has 0 amide bonds. The van der Waals surface area contributed by atoms with Crippen molar-refractivity contribution in [3.05, 3.63) is 39.4 Å². The van der Waals surface area contributed by atoms with Crippen LogP contribution in [0.25, 0.3) is 0 Å². The van der Waals surface area contributed by atoms with Crippen molar-refractivity contribution in [1.82, 2.24) is 5.32 Å². The van der Waals surface area contributed by atoms with Gasteiger partial charge >= 0.3 is 0 Å². The topological polar surface area (TPSA) is 64.4 Å². The number of nitro groups is 1. The van der Waals surface area contributed by atoms with Crippen molar-refractivity contribution in [3.63, 3.8) is 0 Å². The fourth-order valence-electron chi connectivity index (χ4n) is 2.21. The van der Waals surface area contributed by atoms with Gasteiger partial charge in [0.05, 0.1) is 11.5 Å². The predicted octanol–water partition coefficient (Wildman–Crippen LogP) is 2.34. The third-order valence-electron chi connectivity index (χ3n) is 3.35. The molecule has 0 bridgehead atoms. The van der Waals surface area contributed by atoms with E-state index in [1.54, 1.807) is 19.1 Å². The number of nitrogens with zero attached hydrogens (tertiary/aromatic N) is 1. The zero-order valence-corrected chi connectivity index (χ0v) is 10.7. The van der Waals surface area contributed by atoms with E-state index in [9.17, 15) is 10.1 Å². The summed E-state index contributed by atoms with van der Waals surface area (Å²) in [6.07, 6.45) is 0.998. The van der Waals surface area contributed by atoms with Crippen LogP contribution < -0.4 is 5.32 Å². The van der Waals surface area contributed by atoms with Gasteiger partial charge in [0.25, 0.3) is 5.69 Å². The number of hydrogen-bond acceptors (Lipinski definition) is 4.